The van der Waals surface area contributed by atoms with Gasteiger partial charge in [-0.3, -0.25) is 0 Å². The van der Waals surface area contributed by atoms with Gasteiger partial charge in [-0.15, -0.1) is 0 Å². The summed E-state index contributed by atoms with van der Waals surface area (Å²) in [7, 11) is 0. The molecule has 0 unspecified atom stereocenters. The maximum atomic E-state index is 12.1. The van der Waals surface area contributed by atoms with Gasteiger partial charge in [0.2, 0.25) is 0 Å². The van der Waals surface area contributed by atoms with Gasteiger partial charge in [0, 0.05) is 26.2 Å². The van der Waals surface area contributed by atoms with Crippen molar-refractivity contribution in [2.24, 2.45) is 5.92 Å². The van der Waals surface area contributed by atoms with Gasteiger partial charge >= 0.3 is 6.09 Å². The van der Waals surface area contributed by atoms with Gasteiger partial charge in [-0.1, -0.05) is 0 Å². The van der Waals surface area contributed by atoms with E-state index in [4.69, 9.17) is 9.84 Å². The number of piperidine rings is 1. The molecular weight excluding hydrogens is 256 g/mol. The number of aliphatic hydroxyl groups excluding tert-OH is 1. The van der Waals surface area contributed by atoms with Crippen LogP contribution < -0.4 is 0 Å². The quantitative estimate of drug-likeness (QED) is 0.839. The van der Waals surface area contributed by atoms with Gasteiger partial charge in [-0.25, -0.2) is 4.79 Å². The van der Waals surface area contributed by atoms with E-state index in [1.54, 1.807) is 4.90 Å². The molecule has 0 saturated carbocycles. The third kappa shape index (κ3) is 6.09. The van der Waals surface area contributed by atoms with Crippen molar-refractivity contribution in [1.29, 1.82) is 0 Å². The topological polar surface area (TPSA) is 53.0 Å². The first-order valence-corrected chi connectivity index (χ1v) is 7.67. The number of likely N-dealkylation sites (tertiary alicyclic amines) is 1. The lowest BCUT2D eigenvalue weighted by Gasteiger charge is -2.35. The number of ether oxygens (including phenoxy) is 1. The molecule has 1 aliphatic rings. The van der Waals surface area contributed by atoms with E-state index in [-0.39, 0.29) is 12.7 Å². The molecule has 0 aromatic heterocycles. The van der Waals surface area contributed by atoms with Gasteiger partial charge in [-0.05, 0) is 53.0 Å². The molecule has 0 aromatic rings. The van der Waals surface area contributed by atoms with Crippen LogP contribution in [0.25, 0.3) is 0 Å². The molecule has 1 saturated heterocycles. The third-order valence-corrected chi connectivity index (χ3v) is 3.53. The second kappa shape index (κ2) is 7.84. The Hall–Kier alpha value is -0.810. The van der Waals surface area contributed by atoms with Crippen LogP contribution in [0.1, 0.15) is 40.5 Å². The Morgan fingerprint density at radius 2 is 2.15 bits per heavy atom. The van der Waals surface area contributed by atoms with Gasteiger partial charge in [0.1, 0.15) is 5.60 Å². The van der Waals surface area contributed by atoms with Gasteiger partial charge in [0.15, 0.2) is 0 Å². The van der Waals surface area contributed by atoms with Crippen LogP contribution >= 0.6 is 0 Å². The molecule has 1 aliphatic heterocycles. The number of hydrogen-bond donors (Lipinski definition) is 1. The number of nitrogens with zero attached hydrogens (tertiary/aromatic N) is 2. The minimum absolute atomic E-state index is 0.205. The lowest BCUT2D eigenvalue weighted by molar-refractivity contribution is 0.0194. The van der Waals surface area contributed by atoms with Crippen molar-refractivity contribution in [3.8, 4) is 0 Å². The molecule has 1 amide bonds. The highest BCUT2D eigenvalue weighted by Gasteiger charge is 2.26. The van der Waals surface area contributed by atoms with Crippen molar-refractivity contribution in [3.05, 3.63) is 0 Å². The lowest BCUT2D eigenvalue weighted by atomic mass is 9.97. The van der Waals surface area contributed by atoms with Crippen LogP contribution in [-0.4, -0.2) is 65.9 Å². The zero-order valence-electron chi connectivity index (χ0n) is 13.4. The van der Waals surface area contributed by atoms with Crippen molar-refractivity contribution in [2.75, 3.05) is 39.3 Å². The molecule has 1 N–H and O–H groups in total. The molecule has 5 nitrogen and oxygen atoms in total. The molecule has 1 rings (SSSR count). The Morgan fingerprint density at radius 1 is 1.45 bits per heavy atom. The summed E-state index contributed by atoms with van der Waals surface area (Å²) in [5, 5.41) is 9.02. The van der Waals surface area contributed by atoms with Crippen LogP contribution in [0.4, 0.5) is 4.79 Å². The minimum atomic E-state index is -0.444. The van der Waals surface area contributed by atoms with Crippen molar-refractivity contribution in [3.63, 3.8) is 0 Å². The molecule has 0 spiro atoms. The Kier molecular flexibility index (Phi) is 6.76. The number of hydrogen-bond acceptors (Lipinski definition) is 4. The lowest BCUT2D eigenvalue weighted by Crippen LogP contribution is -2.45. The van der Waals surface area contributed by atoms with E-state index in [1.165, 1.54) is 0 Å². The number of carbonyl (C=O) groups is 1. The largest absolute Gasteiger partial charge is 0.444 e. The highest BCUT2D eigenvalue weighted by atomic mass is 16.6. The first-order valence-electron chi connectivity index (χ1n) is 7.67. The van der Waals surface area contributed by atoms with Crippen molar-refractivity contribution in [1.82, 2.24) is 9.80 Å². The van der Waals surface area contributed by atoms with Gasteiger partial charge in [0.05, 0.1) is 6.61 Å². The monoisotopic (exact) mass is 286 g/mol. The van der Waals surface area contributed by atoms with E-state index in [1.807, 2.05) is 27.7 Å². The summed E-state index contributed by atoms with van der Waals surface area (Å²) in [5.41, 5.74) is -0.444. The van der Waals surface area contributed by atoms with Crippen molar-refractivity contribution >= 4 is 6.09 Å². The van der Waals surface area contributed by atoms with E-state index in [9.17, 15) is 4.79 Å². The second-order valence-electron chi connectivity index (χ2n) is 6.55. The molecule has 0 radical (unpaired) electrons. The normalized spacial score (nSPS) is 20.8. The average Bonchev–Trinajstić information content (AvgIpc) is 2.34. The Balaban J connectivity index is 2.48. The highest BCUT2D eigenvalue weighted by molar-refractivity contribution is 5.68. The van der Waals surface area contributed by atoms with Crippen LogP contribution in [0, 0.1) is 5.92 Å². The second-order valence-corrected chi connectivity index (χ2v) is 6.55. The predicted octanol–water partition coefficient (Wildman–Crippen LogP) is 1.95. The summed E-state index contributed by atoms with van der Waals surface area (Å²) in [4.78, 5) is 16.2. The summed E-state index contributed by atoms with van der Waals surface area (Å²) >= 11 is 0. The SMILES string of the molecule is CCN(C[C@H]1CCCN(CCO)C1)C(=O)OC(C)(C)C. The average molecular weight is 286 g/mol. The molecular formula is C15H30N2O3. The summed E-state index contributed by atoms with van der Waals surface area (Å²) in [5.74, 6) is 0.475. The number of aliphatic hydroxyl groups is 1. The standard InChI is InChI=1S/C15H30N2O3/c1-5-17(14(19)20-15(2,3)4)12-13-7-6-8-16(11-13)9-10-18/h13,18H,5-12H2,1-4H3/t13-/m0/s1. The van der Waals surface area contributed by atoms with Crippen molar-refractivity contribution in [2.45, 2.75) is 46.1 Å². The zero-order chi connectivity index (χ0) is 15.2. The van der Waals surface area contributed by atoms with Crippen LogP contribution in [-0.2, 0) is 4.74 Å². The fraction of sp³-hybridized carbons (Fsp3) is 0.933. The number of β-amino-alcohol motifs (C(OH)–C–C–N with tert-alkyl or cyclic N) is 1. The molecule has 5 heteroatoms. The maximum absolute atomic E-state index is 12.1. The molecule has 0 bridgehead atoms. The van der Waals surface area contributed by atoms with Crippen LogP contribution in [0.3, 0.4) is 0 Å². The Labute approximate surface area is 122 Å². The number of amides is 1. The van der Waals surface area contributed by atoms with E-state index in [0.717, 1.165) is 39.0 Å². The van der Waals surface area contributed by atoms with E-state index in [2.05, 4.69) is 4.90 Å². The van der Waals surface area contributed by atoms with Crippen molar-refractivity contribution < 1.29 is 14.6 Å². The fourth-order valence-electron chi connectivity index (χ4n) is 2.62. The third-order valence-electron chi connectivity index (χ3n) is 3.53. The van der Waals surface area contributed by atoms with E-state index >= 15 is 0 Å². The van der Waals surface area contributed by atoms with Gasteiger partial charge in [-0.2, -0.15) is 0 Å². The molecule has 1 heterocycles. The highest BCUT2D eigenvalue weighted by Crippen LogP contribution is 2.18. The van der Waals surface area contributed by atoms with Crippen LogP contribution in [0.15, 0.2) is 0 Å². The summed E-state index contributed by atoms with van der Waals surface area (Å²) in [6, 6.07) is 0. The first-order chi connectivity index (χ1) is 9.35. The first kappa shape index (κ1) is 17.2. The molecule has 20 heavy (non-hydrogen) atoms. The molecule has 1 atom stereocenters. The summed E-state index contributed by atoms with van der Waals surface area (Å²) in [6.07, 6.45) is 2.05. The smallest absolute Gasteiger partial charge is 0.410 e. The fourth-order valence-corrected chi connectivity index (χ4v) is 2.62. The summed E-state index contributed by atoms with van der Waals surface area (Å²) < 4.78 is 5.44. The predicted molar refractivity (Wildman–Crippen MR) is 79.7 cm³/mol. The molecule has 1 fully saturated rings. The Bertz CT molecular complexity index is 300. The van der Waals surface area contributed by atoms with E-state index < -0.39 is 5.60 Å². The molecule has 0 aliphatic carbocycles. The van der Waals surface area contributed by atoms with Crippen LogP contribution in [0.2, 0.25) is 0 Å². The molecule has 0 aromatic carbocycles. The zero-order valence-corrected chi connectivity index (χ0v) is 13.4. The number of rotatable bonds is 5. The van der Waals surface area contributed by atoms with E-state index in [0.29, 0.717) is 12.5 Å². The summed E-state index contributed by atoms with van der Waals surface area (Å²) in [6.45, 7) is 12.0. The molecule has 118 valence electrons. The van der Waals surface area contributed by atoms with Crippen LogP contribution in [0.5, 0.6) is 0 Å². The minimum Gasteiger partial charge on any atom is -0.444 e. The maximum Gasteiger partial charge on any atom is 0.410 e. The number of carbonyl (C=O) groups excluding carboxylic acids is 1. The van der Waals surface area contributed by atoms with Gasteiger partial charge in [0.25, 0.3) is 0 Å². The Morgan fingerprint density at radius 3 is 2.70 bits per heavy atom. The van der Waals surface area contributed by atoms with Gasteiger partial charge < -0.3 is 19.6 Å².